The fourth-order valence-corrected chi connectivity index (χ4v) is 1.90. The maximum atomic E-state index is 11.7. The van der Waals surface area contributed by atoms with Crippen molar-refractivity contribution in [3.8, 4) is 5.88 Å². The fourth-order valence-electron chi connectivity index (χ4n) is 1.54. The van der Waals surface area contributed by atoms with Crippen molar-refractivity contribution in [2.45, 2.75) is 6.92 Å². The normalized spacial score (nSPS) is 11.2. The summed E-state index contributed by atoms with van der Waals surface area (Å²) in [7, 11) is 1.55. The molecule has 0 unspecified atom stereocenters. The first-order chi connectivity index (χ1) is 9.40. The maximum absolute atomic E-state index is 11.7. The Kier molecular flexibility index (Phi) is 4.06. The summed E-state index contributed by atoms with van der Waals surface area (Å²) in [6.07, 6.45) is 1.28. The molecule has 0 spiro atoms. The molecule has 0 aliphatic carbocycles. The van der Waals surface area contributed by atoms with Gasteiger partial charge in [0.1, 0.15) is 5.56 Å². The predicted molar refractivity (Wildman–Crippen MR) is 82.0 cm³/mol. The van der Waals surface area contributed by atoms with Crippen LogP contribution in [0.15, 0.2) is 28.0 Å². The van der Waals surface area contributed by atoms with Crippen LogP contribution in [0.3, 0.4) is 0 Å². The van der Waals surface area contributed by atoms with E-state index in [2.05, 4.69) is 9.98 Å². The van der Waals surface area contributed by atoms with Gasteiger partial charge in [0.2, 0.25) is 5.88 Å². The lowest BCUT2D eigenvalue weighted by Gasteiger charge is -2.04. The van der Waals surface area contributed by atoms with Crippen molar-refractivity contribution in [2.24, 2.45) is 12.0 Å². The molecule has 0 aliphatic rings. The first kappa shape index (κ1) is 14.5. The number of aromatic hydroxyl groups is 1. The van der Waals surface area contributed by atoms with E-state index < -0.39 is 5.56 Å². The van der Waals surface area contributed by atoms with Crippen molar-refractivity contribution in [1.29, 1.82) is 0 Å². The standard InChI is InChI=1S/C13H12ClN3O2S/c1-7-3-4-8(5-10(7)14)15-6-9-11(18)16-13(20)17(2)12(9)19/h3-6,19H,1-2H3,(H,16,18,20). The summed E-state index contributed by atoms with van der Waals surface area (Å²) in [6, 6.07) is 5.27. The van der Waals surface area contributed by atoms with Crippen LogP contribution in [0.4, 0.5) is 5.69 Å². The molecule has 2 N–H and O–H groups in total. The summed E-state index contributed by atoms with van der Waals surface area (Å²) >= 11 is 10.9. The van der Waals surface area contributed by atoms with Crippen LogP contribution < -0.4 is 5.56 Å². The third-order valence-electron chi connectivity index (χ3n) is 2.83. The molecule has 0 fully saturated rings. The van der Waals surface area contributed by atoms with Gasteiger partial charge in [0.15, 0.2) is 4.77 Å². The van der Waals surface area contributed by atoms with Crippen LogP contribution in [0.5, 0.6) is 5.88 Å². The van der Waals surface area contributed by atoms with E-state index in [4.69, 9.17) is 23.8 Å². The molecule has 0 amide bonds. The zero-order valence-electron chi connectivity index (χ0n) is 10.8. The van der Waals surface area contributed by atoms with Crippen LogP contribution in [0.1, 0.15) is 11.1 Å². The number of aromatic nitrogens is 2. The van der Waals surface area contributed by atoms with E-state index in [0.717, 1.165) is 5.56 Å². The molecule has 0 radical (unpaired) electrons. The smallest absolute Gasteiger partial charge is 0.264 e. The highest BCUT2D eigenvalue weighted by Gasteiger charge is 2.08. The molecule has 20 heavy (non-hydrogen) atoms. The molecule has 0 bridgehead atoms. The van der Waals surface area contributed by atoms with Crippen LogP contribution in [-0.2, 0) is 7.05 Å². The largest absolute Gasteiger partial charge is 0.494 e. The van der Waals surface area contributed by atoms with Crippen LogP contribution in [-0.4, -0.2) is 20.9 Å². The molecule has 104 valence electrons. The second kappa shape index (κ2) is 5.60. The quantitative estimate of drug-likeness (QED) is 0.662. The van der Waals surface area contributed by atoms with Crippen molar-refractivity contribution >= 4 is 35.7 Å². The minimum atomic E-state index is -0.493. The van der Waals surface area contributed by atoms with E-state index in [1.165, 1.54) is 10.8 Å². The molecule has 1 aromatic heterocycles. The van der Waals surface area contributed by atoms with Crippen molar-refractivity contribution in [1.82, 2.24) is 9.55 Å². The van der Waals surface area contributed by atoms with E-state index in [1.54, 1.807) is 19.2 Å². The lowest BCUT2D eigenvalue weighted by atomic mass is 10.2. The average molecular weight is 310 g/mol. The topological polar surface area (TPSA) is 70.4 Å². The van der Waals surface area contributed by atoms with Gasteiger partial charge in [-0.3, -0.25) is 19.3 Å². The van der Waals surface area contributed by atoms with Gasteiger partial charge < -0.3 is 5.11 Å². The SMILES string of the molecule is Cc1ccc(N=Cc2c(O)n(C)c(=S)[nH]c2=O)cc1Cl. The number of hydrogen-bond donors (Lipinski definition) is 2. The molecular weight excluding hydrogens is 298 g/mol. The van der Waals surface area contributed by atoms with Gasteiger partial charge in [0, 0.05) is 18.3 Å². The number of aliphatic imine (C=N–C) groups is 1. The monoisotopic (exact) mass is 309 g/mol. The van der Waals surface area contributed by atoms with Gasteiger partial charge in [0.25, 0.3) is 5.56 Å². The number of aromatic amines is 1. The number of H-pyrrole nitrogens is 1. The average Bonchev–Trinajstić information content (AvgIpc) is 2.40. The van der Waals surface area contributed by atoms with E-state index in [1.807, 2.05) is 13.0 Å². The van der Waals surface area contributed by atoms with Crippen molar-refractivity contribution in [3.63, 3.8) is 0 Å². The van der Waals surface area contributed by atoms with Gasteiger partial charge in [-0.2, -0.15) is 0 Å². The van der Waals surface area contributed by atoms with E-state index in [0.29, 0.717) is 10.7 Å². The molecule has 1 aromatic carbocycles. The summed E-state index contributed by atoms with van der Waals surface area (Å²) in [6.45, 7) is 1.88. The molecule has 2 aromatic rings. The van der Waals surface area contributed by atoms with Gasteiger partial charge in [-0.05, 0) is 36.8 Å². The predicted octanol–water partition coefficient (Wildman–Crippen LogP) is 2.86. The minimum Gasteiger partial charge on any atom is -0.494 e. The first-order valence-electron chi connectivity index (χ1n) is 5.72. The molecule has 5 nitrogen and oxygen atoms in total. The molecule has 0 aliphatic heterocycles. The number of nitrogens with one attached hydrogen (secondary N) is 1. The summed E-state index contributed by atoms with van der Waals surface area (Å²) in [4.78, 5) is 18.3. The molecule has 7 heteroatoms. The van der Waals surface area contributed by atoms with Crippen LogP contribution in [0, 0.1) is 11.7 Å². The van der Waals surface area contributed by atoms with Gasteiger partial charge >= 0.3 is 0 Å². The lowest BCUT2D eigenvalue weighted by molar-refractivity contribution is 0.420. The van der Waals surface area contributed by atoms with E-state index in [-0.39, 0.29) is 16.2 Å². The third kappa shape index (κ3) is 2.81. The summed E-state index contributed by atoms with van der Waals surface area (Å²) in [5.41, 5.74) is 1.07. The summed E-state index contributed by atoms with van der Waals surface area (Å²) < 4.78 is 1.43. The Morgan fingerprint density at radius 1 is 1.50 bits per heavy atom. The third-order valence-corrected chi connectivity index (χ3v) is 3.61. The minimum absolute atomic E-state index is 0.0396. The van der Waals surface area contributed by atoms with Gasteiger partial charge in [-0.15, -0.1) is 0 Å². The van der Waals surface area contributed by atoms with Crippen molar-refractivity contribution < 1.29 is 5.11 Å². The Labute approximate surface area is 125 Å². The van der Waals surface area contributed by atoms with E-state index in [9.17, 15) is 9.90 Å². The first-order valence-corrected chi connectivity index (χ1v) is 6.51. The Bertz CT molecular complexity index is 808. The molecule has 0 atom stereocenters. The molecule has 1 heterocycles. The van der Waals surface area contributed by atoms with Crippen molar-refractivity contribution in [2.75, 3.05) is 0 Å². The Morgan fingerprint density at radius 3 is 2.85 bits per heavy atom. The van der Waals surface area contributed by atoms with Crippen LogP contribution in [0.2, 0.25) is 5.02 Å². The summed E-state index contributed by atoms with van der Waals surface area (Å²) in [5, 5.41) is 10.5. The Balaban J connectivity index is 2.47. The number of halogens is 1. The highest BCUT2D eigenvalue weighted by molar-refractivity contribution is 7.71. The second-order valence-electron chi connectivity index (χ2n) is 4.25. The number of rotatable bonds is 2. The highest BCUT2D eigenvalue weighted by atomic mass is 35.5. The maximum Gasteiger partial charge on any atom is 0.264 e. The zero-order chi connectivity index (χ0) is 14.9. The zero-order valence-corrected chi connectivity index (χ0v) is 12.4. The van der Waals surface area contributed by atoms with Gasteiger partial charge in [-0.1, -0.05) is 17.7 Å². The van der Waals surface area contributed by atoms with Crippen LogP contribution >= 0.6 is 23.8 Å². The molecular formula is C13H12ClN3O2S. The molecule has 0 saturated carbocycles. The molecule has 0 saturated heterocycles. The number of benzene rings is 1. The number of aryl methyl sites for hydroxylation is 1. The second-order valence-corrected chi connectivity index (χ2v) is 5.04. The van der Waals surface area contributed by atoms with E-state index >= 15 is 0 Å². The number of nitrogens with zero attached hydrogens (tertiary/aromatic N) is 2. The number of hydrogen-bond acceptors (Lipinski definition) is 4. The van der Waals surface area contributed by atoms with Crippen molar-refractivity contribution in [3.05, 3.63) is 49.5 Å². The van der Waals surface area contributed by atoms with Gasteiger partial charge in [0.05, 0.1) is 5.69 Å². The molecule has 2 rings (SSSR count). The van der Waals surface area contributed by atoms with Crippen LogP contribution in [0.25, 0.3) is 0 Å². The van der Waals surface area contributed by atoms with Gasteiger partial charge in [-0.25, -0.2) is 0 Å². The Hall–Kier alpha value is -1.92. The lowest BCUT2D eigenvalue weighted by Crippen LogP contribution is -2.17. The summed E-state index contributed by atoms with van der Waals surface area (Å²) in [5.74, 6) is -0.235. The highest BCUT2D eigenvalue weighted by Crippen LogP contribution is 2.22. The Morgan fingerprint density at radius 2 is 2.20 bits per heavy atom. The fraction of sp³-hybridized carbons (Fsp3) is 0.154.